The van der Waals surface area contributed by atoms with E-state index in [1.807, 2.05) is 6.20 Å². The van der Waals surface area contributed by atoms with Crippen LogP contribution >= 0.6 is 0 Å². The molecule has 2 atom stereocenters. The lowest BCUT2D eigenvalue weighted by Crippen LogP contribution is -2.47. The summed E-state index contributed by atoms with van der Waals surface area (Å²) >= 11 is 0. The maximum absolute atomic E-state index is 9.38. The molecule has 2 aliphatic heterocycles. The van der Waals surface area contributed by atoms with E-state index >= 15 is 0 Å². The highest BCUT2D eigenvalue weighted by atomic mass is 16.5. The number of benzene rings is 1. The summed E-state index contributed by atoms with van der Waals surface area (Å²) in [5.74, 6) is 0. The van der Waals surface area contributed by atoms with Crippen molar-refractivity contribution in [1.29, 1.82) is 0 Å². The number of morpholine rings is 1. The van der Waals surface area contributed by atoms with Crippen LogP contribution in [0.15, 0.2) is 36.5 Å². The topological polar surface area (TPSA) is 60.9 Å². The minimum atomic E-state index is 0.269. The summed E-state index contributed by atoms with van der Waals surface area (Å²) in [6.07, 6.45) is 8.43. The summed E-state index contributed by atoms with van der Waals surface area (Å²) in [6, 6.07) is 11.9. The van der Waals surface area contributed by atoms with Gasteiger partial charge in [0.05, 0.1) is 24.9 Å². The summed E-state index contributed by atoms with van der Waals surface area (Å²) in [5.41, 5.74) is 7.04. The molecule has 1 aliphatic carbocycles. The van der Waals surface area contributed by atoms with Gasteiger partial charge >= 0.3 is 0 Å². The van der Waals surface area contributed by atoms with Crippen molar-refractivity contribution < 1.29 is 9.84 Å². The number of nitrogens with zero attached hydrogens (tertiary/aromatic N) is 3. The van der Waals surface area contributed by atoms with Crippen molar-refractivity contribution in [1.82, 2.24) is 15.2 Å². The molecule has 5 rings (SSSR count). The molecule has 1 aromatic heterocycles. The smallest absolute Gasteiger partial charge is 0.0642 e. The van der Waals surface area contributed by atoms with Crippen molar-refractivity contribution in [2.24, 2.45) is 0 Å². The summed E-state index contributed by atoms with van der Waals surface area (Å²) in [6.45, 7) is 6.82. The van der Waals surface area contributed by atoms with E-state index in [-0.39, 0.29) is 6.61 Å². The summed E-state index contributed by atoms with van der Waals surface area (Å²) in [4.78, 5) is 9.98. The minimum absolute atomic E-state index is 0.269. The lowest BCUT2D eigenvalue weighted by atomic mass is 9.89. The second kappa shape index (κ2) is 11.0. The number of hydrogen-bond donors (Lipinski definition) is 2. The van der Waals surface area contributed by atoms with Gasteiger partial charge in [0.15, 0.2) is 0 Å². The van der Waals surface area contributed by atoms with Crippen LogP contribution in [-0.4, -0.2) is 67.0 Å². The fourth-order valence-corrected chi connectivity index (χ4v) is 5.85. The molecule has 0 spiro atoms. The molecule has 178 valence electrons. The van der Waals surface area contributed by atoms with Crippen LogP contribution < -0.4 is 10.2 Å². The Balaban J connectivity index is 1.35. The van der Waals surface area contributed by atoms with E-state index in [1.165, 1.54) is 40.9 Å². The van der Waals surface area contributed by atoms with Crippen LogP contribution in [0.3, 0.4) is 0 Å². The molecule has 0 amide bonds. The van der Waals surface area contributed by atoms with Gasteiger partial charge in [-0.1, -0.05) is 18.2 Å². The number of unbranched alkanes of at least 4 members (excludes halogenated alkanes) is 1. The van der Waals surface area contributed by atoms with E-state index in [0.717, 1.165) is 71.6 Å². The lowest BCUT2D eigenvalue weighted by Gasteiger charge is -2.39. The van der Waals surface area contributed by atoms with Gasteiger partial charge in [0.2, 0.25) is 0 Å². The van der Waals surface area contributed by atoms with Crippen LogP contribution in [0.2, 0.25) is 0 Å². The quantitative estimate of drug-likeness (QED) is 0.603. The Morgan fingerprint density at radius 3 is 2.88 bits per heavy atom. The third-order valence-corrected chi connectivity index (χ3v) is 7.55. The molecule has 33 heavy (non-hydrogen) atoms. The zero-order chi connectivity index (χ0) is 22.5. The Labute approximate surface area is 198 Å². The largest absolute Gasteiger partial charge is 0.396 e. The molecule has 3 heterocycles. The van der Waals surface area contributed by atoms with Crippen LogP contribution in [0.1, 0.15) is 54.1 Å². The molecule has 0 saturated carbocycles. The standard InChI is InChI=1S/C27H38N4O2/c32-15-2-1-12-31(26-10-3-6-21-8-5-11-28-27(21)26)20-23-18-24-22(19-29-23)7-4-9-25(24)30-13-16-33-17-14-30/h4-5,7-9,11,23,26,29,32H,1-3,6,10,12-20H2/t23-,26?/m1/s1. The zero-order valence-electron chi connectivity index (χ0n) is 19.7. The van der Waals surface area contributed by atoms with Crippen molar-refractivity contribution in [3.63, 3.8) is 0 Å². The van der Waals surface area contributed by atoms with Gasteiger partial charge in [-0.2, -0.15) is 0 Å². The predicted molar refractivity (Wildman–Crippen MR) is 132 cm³/mol. The average Bonchev–Trinajstić information content (AvgIpc) is 2.88. The van der Waals surface area contributed by atoms with Crippen LogP contribution in [0.5, 0.6) is 0 Å². The van der Waals surface area contributed by atoms with Crippen molar-refractivity contribution >= 4 is 5.69 Å². The number of aryl methyl sites for hydroxylation is 1. The van der Waals surface area contributed by atoms with Gasteiger partial charge in [0, 0.05) is 50.7 Å². The van der Waals surface area contributed by atoms with Crippen LogP contribution in [0.25, 0.3) is 0 Å². The number of nitrogens with one attached hydrogen (secondary N) is 1. The van der Waals surface area contributed by atoms with E-state index in [0.29, 0.717) is 12.1 Å². The number of fused-ring (bicyclic) bond motifs is 2. The molecule has 6 heteroatoms. The second-order valence-corrected chi connectivity index (χ2v) is 9.68. The maximum atomic E-state index is 9.38. The molecule has 3 aliphatic rings. The summed E-state index contributed by atoms with van der Waals surface area (Å²) in [5, 5.41) is 13.2. The number of pyridine rings is 1. The predicted octanol–water partition coefficient (Wildman–Crippen LogP) is 3.08. The highest BCUT2D eigenvalue weighted by Crippen LogP contribution is 2.34. The molecule has 1 fully saturated rings. The maximum Gasteiger partial charge on any atom is 0.0642 e. The first-order valence-electron chi connectivity index (χ1n) is 12.8. The molecule has 2 N–H and O–H groups in total. The number of hydrogen-bond acceptors (Lipinski definition) is 6. The molecule has 6 nitrogen and oxygen atoms in total. The van der Waals surface area contributed by atoms with Crippen molar-refractivity contribution in [3.05, 3.63) is 58.9 Å². The van der Waals surface area contributed by atoms with Gasteiger partial charge in [0.25, 0.3) is 0 Å². The number of aliphatic hydroxyl groups is 1. The number of rotatable bonds is 8. The Bertz CT molecular complexity index is 915. The molecule has 1 saturated heterocycles. The van der Waals surface area contributed by atoms with Gasteiger partial charge in [-0.05, 0) is 73.9 Å². The number of ether oxygens (including phenoxy) is 1. The normalized spacial score (nSPS) is 22.8. The highest BCUT2D eigenvalue weighted by molar-refractivity contribution is 5.58. The van der Waals surface area contributed by atoms with Crippen molar-refractivity contribution in [2.45, 2.75) is 57.2 Å². The second-order valence-electron chi connectivity index (χ2n) is 9.68. The fraction of sp³-hybridized carbons (Fsp3) is 0.593. The zero-order valence-corrected chi connectivity index (χ0v) is 19.7. The Hall–Kier alpha value is -1.99. The molecule has 1 aromatic carbocycles. The first-order chi connectivity index (χ1) is 16.3. The van der Waals surface area contributed by atoms with E-state index in [4.69, 9.17) is 9.72 Å². The van der Waals surface area contributed by atoms with Crippen molar-refractivity contribution in [3.8, 4) is 0 Å². The van der Waals surface area contributed by atoms with Gasteiger partial charge < -0.3 is 20.1 Å². The molecule has 1 unspecified atom stereocenters. The first-order valence-corrected chi connectivity index (χ1v) is 12.8. The van der Waals surface area contributed by atoms with Crippen LogP contribution in [-0.2, 0) is 24.1 Å². The van der Waals surface area contributed by atoms with Gasteiger partial charge in [0.1, 0.15) is 0 Å². The number of aliphatic hydroxyl groups excluding tert-OH is 1. The third-order valence-electron chi connectivity index (χ3n) is 7.55. The van der Waals surface area contributed by atoms with Gasteiger partial charge in [-0.15, -0.1) is 0 Å². The van der Waals surface area contributed by atoms with E-state index in [9.17, 15) is 5.11 Å². The summed E-state index contributed by atoms with van der Waals surface area (Å²) < 4.78 is 5.60. The van der Waals surface area contributed by atoms with Crippen LogP contribution in [0, 0.1) is 0 Å². The molecular weight excluding hydrogens is 412 g/mol. The number of aromatic nitrogens is 1. The number of anilines is 1. The third kappa shape index (κ3) is 5.24. The fourth-order valence-electron chi connectivity index (χ4n) is 5.85. The Morgan fingerprint density at radius 1 is 1.12 bits per heavy atom. The monoisotopic (exact) mass is 450 g/mol. The van der Waals surface area contributed by atoms with Crippen molar-refractivity contribution in [2.75, 3.05) is 50.9 Å². The Morgan fingerprint density at radius 2 is 2.00 bits per heavy atom. The SMILES string of the molecule is OCCCCN(C[C@H]1Cc2c(cccc2N2CCOCC2)CN1)C1CCCc2cccnc21. The summed E-state index contributed by atoms with van der Waals surface area (Å²) in [7, 11) is 0. The molecular formula is C27H38N4O2. The minimum Gasteiger partial charge on any atom is -0.396 e. The molecule has 0 bridgehead atoms. The first kappa shape index (κ1) is 22.8. The van der Waals surface area contributed by atoms with Crippen LogP contribution in [0.4, 0.5) is 5.69 Å². The van der Waals surface area contributed by atoms with E-state index < -0.39 is 0 Å². The van der Waals surface area contributed by atoms with Gasteiger partial charge in [-0.25, -0.2) is 0 Å². The average molecular weight is 451 g/mol. The van der Waals surface area contributed by atoms with E-state index in [2.05, 4.69) is 45.4 Å². The van der Waals surface area contributed by atoms with Gasteiger partial charge in [-0.3, -0.25) is 9.88 Å². The van der Waals surface area contributed by atoms with E-state index in [1.54, 1.807) is 0 Å². The molecule has 2 aromatic rings. The highest BCUT2D eigenvalue weighted by Gasteiger charge is 2.30. The Kier molecular flexibility index (Phi) is 7.57. The lowest BCUT2D eigenvalue weighted by molar-refractivity contribution is 0.122. The molecule has 0 radical (unpaired) electrons.